The highest BCUT2D eigenvalue weighted by Gasteiger charge is 2.53. The van der Waals surface area contributed by atoms with E-state index in [9.17, 15) is 14.9 Å². The van der Waals surface area contributed by atoms with Crippen LogP contribution in [0.15, 0.2) is 6.20 Å². The van der Waals surface area contributed by atoms with Crippen LogP contribution in [0.2, 0.25) is 0 Å². The molecule has 0 atom stereocenters. The number of nitro groups is 1. The van der Waals surface area contributed by atoms with Gasteiger partial charge in [0.2, 0.25) is 5.69 Å². The number of hydrogen-bond donors (Lipinski definition) is 1. The van der Waals surface area contributed by atoms with Gasteiger partial charge in [-0.1, -0.05) is 0 Å². The van der Waals surface area contributed by atoms with Gasteiger partial charge in [0.05, 0.1) is 16.2 Å². The zero-order chi connectivity index (χ0) is 19.6. The molecule has 2 aromatic heterocycles. The number of hydrogen-bond acceptors (Lipinski definition) is 6. The van der Waals surface area contributed by atoms with Crippen LogP contribution in [-0.2, 0) is 5.54 Å². The van der Waals surface area contributed by atoms with Crippen LogP contribution in [0.1, 0.15) is 59.6 Å². The number of rotatable bonds is 4. The SMILES string of the molecule is Cc1nc(NC(=O)c2nn(C34CC5CC(CC(C5)C3)C4)cc2[N+](=O)[O-])sc1C. The van der Waals surface area contributed by atoms with Crippen molar-refractivity contribution < 1.29 is 9.72 Å². The number of nitrogens with one attached hydrogen (secondary N) is 1. The molecule has 4 saturated carbocycles. The quantitative estimate of drug-likeness (QED) is 0.615. The van der Waals surface area contributed by atoms with Gasteiger partial charge in [-0.25, -0.2) is 4.98 Å². The van der Waals surface area contributed by atoms with Crippen molar-refractivity contribution in [1.29, 1.82) is 0 Å². The van der Waals surface area contributed by atoms with Crippen molar-refractivity contribution in [3.8, 4) is 0 Å². The minimum Gasteiger partial charge on any atom is -0.296 e. The highest BCUT2D eigenvalue weighted by atomic mass is 32.1. The molecule has 2 heterocycles. The lowest BCUT2D eigenvalue weighted by molar-refractivity contribution is -0.385. The molecule has 4 aliphatic carbocycles. The fraction of sp³-hybridized carbons (Fsp3) is 0.632. The lowest BCUT2D eigenvalue weighted by Crippen LogP contribution is -2.52. The van der Waals surface area contributed by atoms with Crippen LogP contribution in [0.3, 0.4) is 0 Å². The predicted octanol–water partition coefficient (Wildman–Crippen LogP) is 4.04. The Morgan fingerprint density at radius 3 is 2.36 bits per heavy atom. The summed E-state index contributed by atoms with van der Waals surface area (Å²) in [5.74, 6) is 1.50. The van der Waals surface area contributed by atoms with E-state index >= 15 is 0 Å². The van der Waals surface area contributed by atoms with Gasteiger partial charge in [-0.3, -0.25) is 24.9 Å². The molecule has 6 rings (SSSR count). The molecule has 4 bridgehead atoms. The molecule has 0 aromatic carbocycles. The first-order valence-electron chi connectivity index (χ1n) is 9.83. The Bertz CT molecular complexity index is 924. The molecule has 8 nitrogen and oxygen atoms in total. The number of aryl methyl sites for hydroxylation is 2. The Labute approximate surface area is 166 Å². The average Bonchev–Trinajstić information content (AvgIpc) is 3.18. The van der Waals surface area contributed by atoms with Gasteiger partial charge < -0.3 is 0 Å². The van der Waals surface area contributed by atoms with Gasteiger partial charge in [-0.15, -0.1) is 11.3 Å². The van der Waals surface area contributed by atoms with Crippen molar-refractivity contribution in [2.24, 2.45) is 17.8 Å². The van der Waals surface area contributed by atoms with Gasteiger partial charge in [0.15, 0.2) is 5.13 Å². The molecule has 4 aliphatic rings. The second-order valence-corrected chi connectivity index (χ2v) is 10.0. The van der Waals surface area contributed by atoms with Gasteiger partial charge in [-0.05, 0) is 70.1 Å². The number of carbonyl (C=O) groups excluding carboxylic acids is 1. The van der Waals surface area contributed by atoms with Crippen molar-refractivity contribution in [3.63, 3.8) is 0 Å². The number of carbonyl (C=O) groups is 1. The van der Waals surface area contributed by atoms with Gasteiger partial charge in [-0.2, -0.15) is 5.10 Å². The fourth-order valence-corrected chi connectivity index (χ4v) is 6.74. The van der Waals surface area contributed by atoms with Gasteiger partial charge >= 0.3 is 5.69 Å². The second-order valence-electron chi connectivity index (χ2n) is 8.82. The molecule has 1 N–H and O–H groups in total. The van der Waals surface area contributed by atoms with E-state index in [1.807, 2.05) is 13.8 Å². The van der Waals surface area contributed by atoms with Crippen molar-refractivity contribution in [2.45, 2.75) is 57.9 Å². The molecule has 2 aromatic rings. The van der Waals surface area contributed by atoms with Crippen molar-refractivity contribution in [1.82, 2.24) is 14.8 Å². The summed E-state index contributed by atoms with van der Waals surface area (Å²) in [7, 11) is 0. The van der Waals surface area contributed by atoms with E-state index in [4.69, 9.17) is 0 Å². The summed E-state index contributed by atoms with van der Waals surface area (Å²) in [6, 6.07) is 0. The van der Waals surface area contributed by atoms with Crippen LogP contribution >= 0.6 is 11.3 Å². The zero-order valence-corrected chi connectivity index (χ0v) is 16.8. The molecule has 0 spiro atoms. The smallest absolute Gasteiger partial charge is 0.296 e. The molecule has 0 radical (unpaired) electrons. The minimum atomic E-state index is -0.566. The third kappa shape index (κ3) is 2.75. The van der Waals surface area contributed by atoms with Crippen LogP contribution in [0.5, 0.6) is 0 Å². The summed E-state index contributed by atoms with van der Waals surface area (Å²) in [4.78, 5) is 29.2. The Morgan fingerprint density at radius 1 is 1.25 bits per heavy atom. The summed E-state index contributed by atoms with van der Waals surface area (Å²) in [5.41, 5.74) is 0.338. The molecule has 0 unspecified atom stereocenters. The fourth-order valence-electron chi connectivity index (χ4n) is 5.93. The lowest BCUT2D eigenvalue weighted by Gasteiger charge is -2.56. The third-order valence-corrected chi connectivity index (χ3v) is 7.84. The summed E-state index contributed by atoms with van der Waals surface area (Å²) in [6.07, 6.45) is 8.37. The summed E-state index contributed by atoms with van der Waals surface area (Å²) < 4.78 is 1.77. The largest absolute Gasteiger partial charge is 0.320 e. The zero-order valence-electron chi connectivity index (χ0n) is 16.0. The number of aromatic nitrogens is 3. The summed E-state index contributed by atoms with van der Waals surface area (Å²) >= 11 is 1.36. The van der Waals surface area contributed by atoms with E-state index in [0.717, 1.165) is 29.8 Å². The van der Waals surface area contributed by atoms with E-state index < -0.39 is 10.8 Å². The standard InChI is InChI=1S/C19H23N5O3S/c1-10-11(2)28-18(20-10)21-17(25)16-15(24(26)27)9-23(22-16)19-6-12-3-13(7-19)5-14(4-12)8-19/h9,12-14H,3-8H2,1-2H3,(H,20,21,25). The van der Waals surface area contributed by atoms with Gasteiger partial charge in [0.25, 0.3) is 5.91 Å². The van der Waals surface area contributed by atoms with E-state index in [-0.39, 0.29) is 16.9 Å². The number of amides is 1. The van der Waals surface area contributed by atoms with Crippen LogP contribution in [-0.4, -0.2) is 25.6 Å². The van der Waals surface area contributed by atoms with E-state index in [1.54, 1.807) is 4.68 Å². The number of anilines is 1. The Hall–Kier alpha value is -2.29. The maximum absolute atomic E-state index is 12.8. The maximum Gasteiger partial charge on any atom is 0.320 e. The molecule has 4 fully saturated rings. The normalized spacial score (nSPS) is 30.6. The molecule has 0 saturated heterocycles. The van der Waals surface area contributed by atoms with E-state index in [0.29, 0.717) is 22.9 Å². The monoisotopic (exact) mass is 401 g/mol. The molecule has 9 heteroatoms. The minimum absolute atomic E-state index is 0.119. The Morgan fingerprint density at radius 2 is 1.86 bits per heavy atom. The summed E-state index contributed by atoms with van der Waals surface area (Å²) in [5, 5.41) is 19.3. The molecule has 1 amide bonds. The molecule has 148 valence electrons. The maximum atomic E-state index is 12.8. The van der Waals surface area contributed by atoms with E-state index in [2.05, 4.69) is 15.4 Å². The van der Waals surface area contributed by atoms with Crippen LogP contribution < -0.4 is 5.32 Å². The third-order valence-electron chi connectivity index (χ3n) is 6.85. The van der Waals surface area contributed by atoms with Crippen molar-refractivity contribution in [3.05, 3.63) is 32.6 Å². The first-order valence-corrected chi connectivity index (χ1v) is 10.6. The predicted molar refractivity (Wildman–Crippen MR) is 105 cm³/mol. The molecule has 0 aliphatic heterocycles. The van der Waals surface area contributed by atoms with Crippen LogP contribution in [0.4, 0.5) is 10.8 Å². The van der Waals surface area contributed by atoms with Crippen LogP contribution in [0, 0.1) is 41.7 Å². The highest BCUT2D eigenvalue weighted by molar-refractivity contribution is 7.15. The van der Waals surface area contributed by atoms with Crippen molar-refractivity contribution >= 4 is 28.1 Å². The first-order chi connectivity index (χ1) is 13.3. The first kappa shape index (κ1) is 17.8. The highest BCUT2D eigenvalue weighted by Crippen LogP contribution is 2.58. The van der Waals surface area contributed by atoms with E-state index in [1.165, 1.54) is 36.8 Å². The van der Waals surface area contributed by atoms with Crippen molar-refractivity contribution in [2.75, 3.05) is 5.32 Å². The van der Waals surface area contributed by atoms with Gasteiger partial charge in [0.1, 0.15) is 6.20 Å². The number of nitrogens with zero attached hydrogens (tertiary/aromatic N) is 4. The Kier molecular flexibility index (Phi) is 3.88. The molecular formula is C19H23N5O3S. The topological polar surface area (TPSA) is 103 Å². The molecular weight excluding hydrogens is 378 g/mol. The Balaban J connectivity index is 1.48. The summed E-state index contributed by atoms with van der Waals surface area (Å²) in [6.45, 7) is 3.79. The molecule has 28 heavy (non-hydrogen) atoms. The number of thiazole rings is 1. The average molecular weight is 401 g/mol. The second kappa shape index (κ2) is 6.10. The lowest BCUT2D eigenvalue weighted by atomic mass is 9.53. The van der Waals surface area contributed by atoms with Crippen LogP contribution in [0.25, 0.3) is 0 Å². The van der Waals surface area contributed by atoms with Gasteiger partial charge in [0, 0.05) is 4.88 Å².